The van der Waals surface area contributed by atoms with E-state index < -0.39 is 0 Å². The summed E-state index contributed by atoms with van der Waals surface area (Å²) >= 11 is 0. The first kappa shape index (κ1) is 18.5. The van der Waals surface area contributed by atoms with Gasteiger partial charge in [-0.25, -0.2) is 0 Å². The van der Waals surface area contributed by atoms with Crippen molar-refractivity contribution in [2.24, 2.45) is 5.92 Å². The lowest BCUT2D eigenvalue weighted by molar-refractivity contribution is -0.122. The molecule has 1 aromatic rings. The van der Waals surface area contributed by atoms with Crippen LogP contribution in [0.25, 0.3) is 0 Å². The molecule has 1 rings (SSSR count). The first-order valence-corrected chi connectivity index (χ1v) is 8.61. The Balaban J connectivity index is 3.01. The summed E-state index contributed by atoms with van der Waals surface area (Å²) in [4.78, 5) is 12.3. The van der Waals surface area contributed by atoms with Crippen LogP contribution in [0.1, 0.15) is 71.4 Å². The van der Waals surface area contributed by atoms with Crippen molar-refractivity contribution in [2.75, 3.05) is 0 Å². The minimum Gasteiger partial charge on any atom is -0.346 e. The van der Waals surface area contributed by atoms with Crippen LogP contribution in [-0.4, -0.2) is 5.91 Å². The quantitative estimate of drug-likeness (QED) is 0.606. The molecule has 1 N–H and O–H groups in total. The van der Waals surface area contributed by atoms with Crippen LogP contribution in [0, 0.1) is 5.92 Å². The van der Waals surface area contributed by atoms with E-state index in [0.717, 1.165) is 25.7 Å². The lowest BCUT2D eigenvalue weighted by Gasteiger charge is -2.23. The van der Waals surface area contributed by atoms with Crippen LogP contribution < -0.4 is 5.32 Å². The largest absolute Gasteiger partial charge is 0.346 e. The molecule has 0 heterocycles. The SMILES string of the molecule is CCC/C=C(\CCC)[C@@H](NC(=O)CC(C)C)c1ccccc1. The van der Waals surface area contributed by atoms with E-state index in [4.69, 9.17) is 0 Å². The Kier molecular flexibility index (Phi) is 8.57. The maximum atomic E-state index is 12.3. The third-order valence-electron chi connectivity index (χ3n) is 3.64. The van der Waals surface area contributed by atoms with Gasteiger partial charge in [0.2, 0.25) is 5.91 Å². The fourth-order valence-electron chi connectivity index (χ4n) is 2.61. The number of benzene rings is 1. The van der Waals surface area contributed by atoms with Crippen molar-refractivity contribution in [1.82, 2.24) is 5.32 Å². The van der Waals surface area contributed by atoms with Gasteiger partial charge in [0.25, 0.3) is 0 Å². The molecule has 2 nitrogen and oxygen atoms in total. The number of unbranched alkanes of at least 4 members (excludes halogenated alkanes) is 1. The molecule has 0 bridgehead atoms. The number of amides is 1. The van der Waals surface area contributed by atoms with Crippen LogP contribution in [0.4, 0.5) is 0 Å². The topological polar surface area (TPSA) is 29.1 Å². The Bertz CT molecular complexity index is 462. The second kappa shape index (κ2) is 10.2. The van der Waals surface area contributed by atoms with Crippen LogP contribution in [-0.2, 0) is 4.79 Å². The van der Waals surface area contributed by atoms with E-state index in [-0.39, 0.29) is 11.9 Å². The maximum absolute atomic E-state index is 12.3. The number of allylic oxidation sites excluding steroid dienone is 1. The molecule has 0 saturated carbocycles. The molecule has 0 fully saturated rings. The first-order valence-electron chi connectivity index (χ1n) is 8.61. The van der Waals surface area contributed by atoms with Crippen molar-refractivity contribution in [2.45, 2.75) is 65.8 Å². The van der Waals surface area contributed by atoms with Crippen LogP contribution in [0.15, 0.2) is 42.0 Å². The monoisotopic (exact) mass is 301 g/mol. The highest BCUT2D eigenvalue weighted by molar-refractivity contribution is 5.77. The summed E-state index contributed by atoms with van der Waals surface area (Å²) < 4.78 is 0. The zero-order chi connectivity index (χ0) is 16.4. The summed E-state index contributed by atoms with van der Waals surface area (Å²) in [5.41, 5.74) is 2.52. The standard InChI is InChI=1S/C20H31NO/c1-5-7-12-17(11-6-2)20(18-13-9-8-10-14-18)21-19(22)15-16(3)4/h8-10,12-14,16,20H,5-7,11,15H2,1-4H3,(H,21,22)/b17-12+/t20-/m1/s1. The zero-order valence-electron chi connectivity index (χ0n) is 14.6. The molecule has 0 saturated heterocycles. The first-order chi connectivity index (χ1) is 10.6. The Morgan fingerprint density at radius 1 is 1.14 bits per heavy atom. The normalized spacial score (nSPS) is 13.2. The summed E-state index contributed by atoms with van der Waals surface area (Å²) in [7, 11) is 0. The molecule has 122 valence electrons. The predicted molar refractivity (Wildman–Crippen MR) is 94.7 cm³/mol. The molecule has 0 aliphatic carbocycles. The number of nitrogens with one attached hydrogen (secondary N) is 1. The van der Waals surface area contributed by atoms with Gasteiger partial charge in [0.15, 0.2) is 0 Å². The van der Waals surface area contributed by atoms with E-state index in [1.54, 1.807) is 0 Å². The Morgan fingerprint density at radius 2 is 1.82 bits per heavy atom. The molecular weight excluding hydrogens is 270 g/mol. The van der Waals surface area contributed by atoms with Crippen LogP contribution >= 0.6 is 0 Å². The van der Waals surface area contributed by atoms with Gasteiger partial charge in [-0.05, 0) is 29.9 Å². The van der Waals surface area contributed by atoms with Gasteiger partial charge in [-0.15, -0.1) is 0 Å². The van der Waals surface area contributed by atoms with Gasteiger partial charge in [-0.1, -0.05) is 76.9 Å². The van der Waals surface area contributed by atoms with Gasteiger partial charge >= 0.3 is 0 Å². The van der Waals surface area contributed by atoms with Gasteiger partial charge in [0, 0.05) is 6.42 Å². The Labute approximate surface area is 136 Å². The Morgan fingerprint density at radius 3 is 2.36 bits per heavy atom. The van der Waals surface area contributed by atoms with Crippen molar-refractivity contribution in [3.8, 4) is 0 Å². The van der Waals surface area contributed by atoms with E-state index in [1.165, 1.54) is 11.1 Å². The molecule has 2 heteroatoms. The highest BCUT2D eigenvalue weighted by Gasteiger charge is 2.18. The summed E-state index contributed by atoms with van der Waals surface area (Å²) in [5.74, 6) is 0.521. The number of carbonyl (C=O) groups is 1. The molecule has 0 radical (unpaired) electrons. The zero-order valence-corrected chi connectivity index (χ0v) is 14.6. The predicted octanol–water partition coefficient (Wildman–Crippen LogP) is 5.42. The summed E-state index contributed by atoms with van der Waals surface area (Å²) in [6.45, 7) is 8.54. The minimum atomic E-state index is 0.0129. The van der Waals surface area contributed by atoms with Crippen LogP contribution in [0.2, 0.25) is 0 Å². The molecule has 0 aliphatic rings. The number of hydrogen-bond acceptors (Lipinski definition) is 1. The molecule has 1 aromatic carbocycles. The molecule has 0 unspecified atom stereocenters. The smallest absolute Gasteiger partial charge is 0.220 e. The fraction of sp³-hybridized carbons (Fsp3) is 0.550. The Hall–Kier alpha value is -1.57. The lowest BCUT2D eigenvalue weighted by atomic mass is 9.93. The van der Waals surface area contributed by atoms with Crippen molar-refractivity contribution >= 4 is 5.91 Å². The number of rotatable bonds is 9. The summed E-state index contributed by atoms with van der Waals surface area (Å²) in [5, 5.41) is 3.25. The average molecular weight is 301 g/mol. The van der Waals surface area contributed by atoms with E-state index in [0.29, 0.717) is 12.3 Å². The highest BCUT2D eigenvalue weighted by Crippen LogP contribution is 2.26. The summed E-state index contributed by atoms with van der Waals surface area (Å²) in [6, 6.07) is 10.3. The van der Waals surface area contributed by atoms with Crippen molar-refractivity contribution in [3.05, 3.63) is 47.5 Å². The minimum absolute atomic E-state index is 0.0129. The van der Waals surface area contributed by atoms with E-state index in [9.17, 15) is 4.79 Å². The van der Waals surface area contributed by atoms with E-state index in [1.807, 2.05) is 18.2 Å². The van der Waals surface area contributed by atoms with Crippen molar-refractivity contribution < 1.29 is 4.79 Å². The highest BCUT2D eigenvalue weighted by atomic mass is 16.1. The number of hydrogen-bond donors (Lipinski definition) is 1. The van der Waals surface area contributed by atoms with Crippen molar-refractivity contribution in [1.29, 1.82) is 0 Å². The molecule has 22 heavy (non-hydrogen) atoms. The molecule has 1 atom stereocenters. The average Bonchev–Trinajstić information content (AvgIpc) is 2.49. The second-order valence-corrected chi connectivity index (χ2v) is 6.33. The fourth-order valence-corrected chi connectivity index (χ4v) is 2.61. The molecular formula is C20H31NO. The van der Waals surface area contributed by atoms with Crippen LogP contribution in [0.5, 0.6) is 0 Å². The van der Waals surface area contributed by atoms with Gasteiger partial charge in [-0.3, -0.25) is 4.79 Å². The van der Waals surface area contributed by atoms with E-state index >= 15 is 0 Å². The van der Waals surface area contributed by atoms with Gasteiger partial charge in [0.1, 0.15) is 0 Å². The van der Waals surface area contributed by atoms with Crippen LogP contribution in [0.3, 0.4) is 0 Å². The van der Waals surface area contributed by atoms with Gasteiger partial charge in [0.05, 0.1) is 6.04 Å². The summed E-state index contributed by atoms with van der Waals surface area (Å²) in [6.07, 6.45) is 7.22. The molecule has 1 amide bonds. The molecule has 0 spiro atoms. The van der Waals surface area contributed by atoms with Crippen molar-refractivity contribution in [3.63, 3.8) is 0 Å². The third kappa shape index (κ3) is 6.46. The second-order valence-electron chi connectivity index (χ2n) is 6.33. The maximum Gasteiger partial charge on any atom is 0.220 e. The molecule has 0 aliphatic heterocycles. The van der Waals surface area contributed by atoms with Gasteiger partial charge < -0.3 is 5.32 Å². The lowest BCUT2D eigenvalue weighted by Crippen LogP contribution is -2.30. The number of carbonyl (C=O) groups excluding carboxylic acids is 1. The molecule has 0 aromatic heterocycles. The van der Waals surface area contributed by atoms with E-state index in [2.05, 4.69) is 51.2 Å². The van der Waals surface area contributed by atoms with Gasteiger partial charge in [-0.2, -0.15) is 0 Å². The third-order valence-corrected chi connectivity index (χ3v) is 3.64.